The lowest BCUT2D eigenvalue weighted by molar-refractivity contribution is -0.138. The minimum absolute atomic E-state index is 0.00689. The molecule has 23 heavy (non-hydrogen) atoms. The third-order valence-corrected chi connectivity index (χ3v) is 7.15. The minimum atomic E-state index is -0.776. The van der Waals surface area contributed by atoms with Crippen LogP contribution in [0.3, 0.4) is 0 Å². The Labute approximate surface area is 142 Å². The number of amides is 3. The SMILES string of the molecule is CN1C(=O)N(CC(=O)C2CCSC2)C(=O)C1(C)C1CCCCC1. The van der Waals surface area contributed by atoms with E-state index in [9.17, 15) is 14.4 Å². The number of carbonyl (C=O) groups is 3. The van der Waals surface area contributed by atoms with Gasteiger partial charge in [0, 0.05) is 18.7 Å². The van der Waals surface area contributed by atoms with Gasteiger partial charge in [-0.15, -0.1) is 0 Å². The van der Waals surface area contributed by atoms with Crippen molar-refractivity contribution >= 4 is 29.5 Å². The molecule has 0 N–H and O–H groups in total. The Kier molecular flexibility index (Phi) is 4.72. The number of hydrogen-bond acceptors (Lipinski definition) is 4. The summed E-state index contributed by atoms with van der Waals surface area (Å²) in [6, 6.07) is -0.304. The highest BCUT2D eigenvalue weighted by Gasteiger charge is 2.56. The second-order valence-electron chi connectivity index (χ2n) is 7.24. The minimum Gasteiger partial charge on any atom is -0.313 e. The van der Waals surface area contributed by atoms with Crippen LogP contribution >= 0.6 is 11.8 Å². The van der Waals surface area contributed by atoms with Gasteiger partial charge in [-0.25, -0.2) is 4.79 Å². The average Bonchev–Trinajstić information content (AvgIpc) is 3.16. The molecule has 2 aliphatic heterocycles. The highest BCUT2D eigenvalue weighted by molar-refractivity contribution is 7.99. The Balaban J connectivity index is 1.75. The van der Waals surface area contributed by atoms with E-state index in [4.69, 9.17) is 0 Å². The summed E-state index contributed by atoms with van der Waals surface area (Å²) < 4.78 is 0. The van der Waals surface area contributed by atoms with Gasteiger partial charge in [-0.05, 0) is 37.9 Å². The Morgan fingerprint density at radius 3 is 2.52 bits per heavy atom. The summed E-state index contributed by atoms with van der Waals surface area (Å²) >= 11 is 1.77. The molecule has 3 amide bonds. The molecule has 2 unspecified atom stereocenters. The molecule has 0 bridgehead atoms. The number of ketones is 1. The van der Waals surface area contributed by atoms with Crippen LogP contribution in [0.4, 0.5) is 4.79 Å². The summed E-state index contributed by atoms with van der Waals surface area (Å²) in [7, 11) is 1.71. The molecule has 128 valence electrons. The first-order valence-electron chi connectivity index (χ1n) is 8.66. The summed E-state index contributed by atoms with van der Waals surface area (Å²) in [5, 5.41) is 0. The maximum Gasteiger partial charge on any atom is 0.327 e. The van der Waals surface area contributed by atoms with Crippen LogP contribution in [0.15, 0.2) is 0 Å². The molecular weight excluding hydrogens is 312 g/mol. The second-order valence-corrected chi connectivity index (χ2v) is 8.39. The molecule has 0 spiro atoms. The topological polar surface area (TPSA) is 57.7 Å². The molecule has 3 aliphatic rings. The predicted molar refractivity (Wildman–Crippen MR) is 90.3 cm³/mol. The molecule has 2 saturated heterocycles. The fraction of sp³-hybridized carbons (Fsp3) is 0.824. The summed E-state index contributed by atoms with van der Waals surface area (Å²) in [4.78, 5) is 40.8. The van der Waals surface area contributed by atoms with Crippen molar-refractivity contribution in [2.75, 3.05) is 25.1 Å². The average molecular weight is 338 g/mol. The van der Waals surface area contributed by atoms with E-state index in [1.807, 2.05) is 6.92 Å². The van der Waals surface area contributed by atoms with E-state index in [0.717, 1.165) is 43.6 Å². The first kappa shape index (κ1) is 16.8. The summed E-state index contributed by atoms with van der Waals surface area (Å²) in [5.74, 6) is 1.91. The summed E-state index contributed by atoms with van der Waals surface area (Å²) in [6.45, 7) is 1.84. The van der Waals surface area contributed by atoms with Crippen LogP contribution in [0.2, 0.25) is 0 Å². The molecule has 0 aromatic heterocycles. The molecule has 3 fully saturated rings. The van der Waals surface area contributed by atoms with Crippen LogP contribution in [0.5, 0.6) is 0 Å². The van der Waals surface area contributed by atoms with Crippen LogP contribution < -0.4 is 0 Å². The Morgan fingerprint density at radius 2 is 1.91 bits per heavy atom. The lowest BCUT2D eigenvalue weighted by Crippen LogP contribution is -2.52. The maximum atomic E-state index is 13.0. The largest absolute Gasteiger partial charge is 0.327 e. The molecule has 0 radical (unpaired) electrons. The fourth-order valence-electron chi connectivity index (χ4n) is 4.21. The smallest absolute Gasteiger partial charge is 0.313 e. The highest BCUT2D eigenvalue weighted by Crippen LogP contribution is 2.41. The van der Waals surface area contributed by atoms with Crippen molar-refractivity contribution in [3.05, 3.63) is 0 Å². The molecule has 3 rings (SSSR count). The fourth-order valence-corrected chi connectivity index (χ4v) is 5.46. The van der Waals surface area contributed by atoms with Crippen LogP contribution in [-0.4, -0.2) is 58.2 Å². The third-order valence-electron chi connectivity index (χ3n) is 5.99. The number of Topliss-reactive ketones (excluding diaryl/α,β-unsaturated/α-hetero) is 1. The van der Waals surface area contributed by atoms with Gasteiger partial charge in [0.1, 0.15) is 5.54 Å². The Bertz CT molecular complexity index is 512. The highest BCUT2D eigenvalue weighted by atomic mass is 32.2. The lowest BCUT2D eigenvalue weighted by atomic mass is 9.75. The number of rotatable bonds is 4. The van der Waals surface area contributed by atoms with Gasteiger partial charge in [0.05, 0.1) is 6.54 Å². The quantitative estimate of drug-likeness (QED) is 0.739. The van der Waals surface area contributed by atoms with Gasteiger partial charge in [-0.2, -0.15) is 11.8 Å². The van der Waals surface area contributed by atoms with E-state index in [1.54, 1.807) is 23.7 Å². The first-order valence-corrected chi connectivity index (χ1v) is 9.82. The normalized spacial score (nSPS) is 32.9. The van der Waals surface area contributed by atoms with Crippen molar-refractivity contribution < 1.29 is 14.4 Å². The van der Waals surface area contributed by atoms with E-state index in [2.05, 4.69) is 0 Å². The van der Waals surface area contributed by atoms with Gasteiger partial charge >= 0.3 is 6.03 Å². The molecule has 2 atom stereocenters. The Morgan fingerprint density at radius 1 is 1.22 bits per heavy atom. The molecule has 5 nitrogen and oxygen atoms in total. The van der Waals surface area contributed by atoms with E-state index >= 15 is 0 Å². The van der Waals surface area contributed by atoms with E-state index < -0.39 is 5.54 Å². The van der Waals surface area contributed by atoms with Crippen molar-refractivity contribution in [2.45, 2.75) is 51.0 Å². The third kappa shape index (κ3) is 2.79. The van der Waals surface area contributed by atoms with Crippen molar-refractivity contribution in [1.29, 1.82) is 0 Å². The van der Waals surface area contributed by atoms with E-state index in [0.29, 0.717) is 0 Å². The van der Waals surface area contributed by atoms with Crippen LogP contribution in [-0.2, 0) is 9.59 Å². The van der Waals surface area contributed by atoms with E-state index in [1.165, 1.54) is 11.3 Å². The van der Waals surface area contributed by atoms with Crippen LogP contribution in [0, 0.1) is 11.8 Å². The second kappa shape index (κ2) is 6.46. The van der Waals surface area contributed by atoms with Crippen molar-refractivity contribution in [1.82, 2.24) is 9.80 Å². The van der Waals surface area contributed by atoms with Crippen molar-refractivity contribution in [3.63, 3.8) is 0 Å². The predicted octanol–water partition coefficient (Wildman–Crippen LogP) is 2.54. The van der Waals surface area contributed by atoms with Gasteiger partial charge in [-0.3, -0.25) is 14.5 Å². The van der Waals surface area contributed by atoms with Gasteiger partial charge in [0.15, 0.2) is 5.78 Å². The molecular formula is C17H26N2O3S. The van der Waals surface area contributed by atoms with Crippen LogP contribution in [0.25, 0.3) is 0 Å². The number of nitrogens with zero attached hydrogens (tertiary/aromatic N) is 2. The number of imide groups is 1. The van der Waals surface area contributed by atoms with Gasteiger partial charge in [0.25, 0.3) is 5.91 Å². The van der Waals surface area contributed by atoms with Crippen molar-refractivity contribution in [2.24, 2.45) is 11.8 Å². The van der Waals surface area contributed by atoms with Crippen molar-refractivity contribution in [3.8, 4) is 0 Å². The Hall–Kier alpha value is -1.04. The molecule has 2 heterocycles. The zero-order chi connectivity index (χ0) is 16.6. The molecule has 6 heteroatoms. The standard InChI is InChI=1S/C17H26N2O3S/c1-17(13-6-4-3-5-7-13)15(21)19(16(22)18(17)2)10-14(20)12-8-9-23-11-12/h12-13H,3-11H2,1-2H3. The summed E-state index contributed by atoms with van der Waals surface area (Å²) in [5.41, 5.74) is -0.776. The molecule has 1 saturated carbocycles. The molecule has 0 aromatic rings. The number of hydrogen-bond donors (Lipinski definition) is 0. The molecule has 0 aromatic carbocycles. The molecule has 1 aliphatic carbocycles. The first-order chi connectivity index (χ1) is 11.0. The summed E-state index contributed by atoms with van der Waals surface area (Å²) in [6.07, 6.45) is 6.29. The maximum absolute atomic E-state index is 13.0. The number of carbonyl (C=O) groups excluding carboxylic acids is 3. The number of urea groups is 1. The zero-order valence-corrected chi connectivity index (χ0v) is 14.9. The van der Waals surface area contributed by atoms with Gasteiger partial charge < -0.3 is 4.90 Å². The number of thioether (sulfide) groups is 1. The van der Waals surface area contributed by atoms with E-state index in [-0.39, 0.29) is 36.1 Å². The van der Waals surface area contributed by atoms with Gasteiger partial charge in [0.2, 0.25) is 0 Å². The monoisotopic (exact) mass is 338 g/mol. The zero-order valence-electron chi connectivity index (χ0n) is 14.0. The van der Waals surface area contributed by atoms with Gasteiger partial charge in [-0.1, -0.05) is 19.3 Å². The lowest BCUT2D eigenvalue weighted by Gasteiger charge is -2.38. The number of likely N-dealkylation sites (N-methyl/N-ethyl adjacent to an activating group) is 1. The van der Waals surface area contributed by atoms with Crippen LogP contribution in [0.1, 0.15) is 45.4 Å².